The second kappa shape index (κ2) is 7.14. The van der Waals surface area contributed by atoms with Crippen molar-refractivity contribution in [1.29, 1.82) is 0 Å². The maximum absolute atomic E-state index is 9.85. The van der Waals surface area contributed by atoms with E-state index in [9.17, 15) is 5.11 Å². The van der Waals surface area contributed by atoms with Crippen LogP contribution in [0.4, 0.5) is 0 Å². The zero-order valence-electron chi connectivity index (χ0n) is 15.1. The lowest BCUT2D eigenvalue weighted by Crippen LogP contribution is -2.20. The lowest BCUT2D eigenvalue weighted by Gasteiger charge is -2.22. The van der Waals surface area contributed by atoms with E-state index in [2.05, 4.69) is 6.58 Å². The van der Waals surface area contributed by atoms with Crippen LogP contribution in [0.15, 0.2) is 73.0 Å². The van der Waals surface area contributed by atoms with Gasteiger partial charge in [-0.1, -0.05) is 49.1 Å². The van der Waals surface area contributed by atoms with E-state index in [-0.39, 0.29) is 6.61 Å². The summed E-state index contributed by atoms with van der Waals surface area (Å²) in [5.74, 6) is 2.18. The Morgan fingerprint density at radius 1 is 1.00 bits per heavy atom. The number of benzene rings is 3. The molecule has 0 atom stereocenters. The fourth-order valence-corrected chi connectivity index (χ4v) is 3.33. The van der Waals surface area contributed by atoms with Crippen molar-refractivity contribution in [2.24, 2.45) is 0 Å². The third-order valence-corrected chi connectivity index (χ3v) is 4.55. The van der Waals surface area contributed by atoms with Crippen LogP contribution < -0.4 is 19.9 Å². The first-order valence-electron chi connectivity index (χ1n) is 8.84. The van der Waals surface area contributed by atoms with E-state index < -0.39 is 0 Å². The molecule has 27 heavy (non-hydrogen) atoms. The molecule has 3 nitrogen and oxygen atoms in total. The number of hydrogen-bond donors (Lipinski definition) is 1. The first-order valence-corrected chi connectivity index (χ1v) is 8.84. The van der Waals surface area contributed by atoms with Crippen molar-refractivity contribution in [3.05, 3.63) is 100 Å². The molecule has 1 aliphatic heterocycles. The van der Waals surface area contributed by atoms with Gasteiger partial charge in [-0.15, -0.1) is 0 Å². The molecule has 0 saturated carbocycles. The maximum Gasteiger partial charge on any atom is 0.139 e. The first kappa shape index (κ1) is 17.1. The summed E-state index contributed by atoms with van der Waals surface area (Å²) in [5, 5.41) is 11.7. The van der Waals surface area contributed by atoms with Crippen LogP contribution in [0.3, 0.4) is 0 Å². The Balaban J connectivity index is 2.01. The Morgan fingerprint density at radius 2 is 1.85 bits per heavy atom. The lowest BCUT2D eigenvalue weighted by molar-refractivity contribution is 0.281. The molecule has 1 N–H and O–H groups in total. The van der Waals surface area contributed by atoms with Gasteiger partial charge in [-0.25, -0.2) is 0 Å². The number of aliphatic hydroxyl groups is 1. The van der Waals surface area contributed by atoms with Crippen molar-refractivity contribution in [1.82, 2.24) is 0 Å². The van der Waals surface area contributed by atoms with E-state index in [4.69, 9.17) is 9.47 Å². The van der Waals surface area contributed by atoms with Gasteiger partial charge in [0.25, 0.3) is 0 Å². The van der Waals surface area contributed by atoms with Gasteiger partial charge in [0.2, 0.25) is 0 Å². The number of ether oxygens (including phenoxy) is 2. The molecule has 3 aromatic rings. The van der Waals surface area contributed by atoms with E-state index >= 15 is 0 Å². The first-order chi connectivity index (χ1) is 13.2. The highest BCUT2D eigenvalue weighted by molar-refractivity contribution is 5.86. The second-order valence-electron chi connectivity index (χ2n) is 6.37. The molecular formula is C24H20O3. The zero-order valence-corrected chi connectivity index (χ0v) is 15.1. The average molecular weight is 356 g/mol. The summed E-state index contributed by atoms with van der Waals surface area (Å²) in [6.45, 7) is 5.89. The molecule has 3 aromatic carbocycles. The van der Waals surface area contributed by atoms with E-state index in [0.29, 0.717) is 5.75 Å². The molecule has 0 radical (unpaired) electrons. The van der Waals surface area contributed by atoms with Crippen LogP contribution in [-0.4, -0.2) is 5.11 Å². The van der Waals surface area contributed by atoms with Crippen molar-refractivity contribution in [3.8, 4) is 17.2 Å². The Bertz CT molecular complexity index is 1140. The smallest absolute Gasteiger partial charge is 0.139 e. The average Bonchev–Trinajstić information content (AvgIpc) is 2.70. The van der Waals surface area contributed by atoms with Gasteiger partial charge in [0.15, 0.2) is 0 Å². The monoisotopic (exact) mass is 356 g/mol. The quantitative estimate of drug-likeness (QED) is 0.565. The molecule has 3 heteroatoms. The van der Waals surface area contributed by atoms with Crippen molar-refractivity contribution < 1.29 is 14.6 Å². The molecule has 0 spiro atoms. The van der Waals surface area contributed by atoms with E-state index in [0.717, 1.165) is 44.2 Å². The highest BCUT2D eigenvalue weighted by Crippen LogP contribution is 2.38. The second-order valence-corrected chi connectivity index (χ2v) is 6.37. The van der Waals surface area contributed by atoms with Crippen molar-refractivity contribution in [2.45, 2.75) is 13.5 Å². The van der Waals surface area contributed by atoms with Crippen molar-refractivity contribution in [2.75, 3.05) is 0 Å². The molecule has 1 aliphatic rings. The van der Waals surface area contributed by atoms with Gasteiger partial charge in [0, 0.05) is 22.4 Å². The molecule has 0 aliphatic carbocycles. The van der Waals surface area contributed by atoms with Gasteiger partial charge < -0.3 is 14.6 Å². The summed E-state index contributed by atoms with van der Waals surface area (Å²) in [6, 6.07) is 19.6. The molecule has 0 unspecified atom stereocenters. The molecule has 0 fully saturated rings. The molecule has 0 amide bonds. The summed E-state index contributed by atoms with van der Waals surface area (Å²) < 4.78 is 11.8. The summed E-state index contributed by atoms with van der Waals surface area (Å²) in [4.78, 5) is 0. The van der Waals surface area contributed by atoms with Crippen LogP contribution in [0.25, 0.3) is 12.2 Å². The standard InChI is InChI=1S/C24H20O3/c1-3-12-26-18-9-11-21-23(14-18)27-22-13-16(2)8-10-20(22)24(21)19-7-5-4-6-17(19)15-25/h3-14,25H,2,15H2,1H3/b12-3-. The van der Waals surface area contributed by atoms with E-state index in [1.165, 1.54) is 0 Å². The third kappa shape index (κ3) is 3.14. The molecule has 134 valence electrons. The van der Waals surface area contributed by atoms with Crippen LogP contribution >= 0.6 is 0 Å². The lowest BCUT2D eigenvalue weighted by atomic mass is 9.90. The minimum atomic E-state index is -0.0267. The molecular weight excluding hydrogens is 336 g/mol. The summed E-state index contributed by atoms with van der Waals surface area (Å²) in [7, 11) is 0. The Hall–Kier alpha value is -3.30. The predicted octanol–water partition coefficient (Wildman–Crippen LogP) is 3.85. The highest BCUT2D eigenvalue weighted by atomic mass is 16.5. The minimum absolute atomic E-state index is 0.0267. The van der Waals surface area contributed by atoms with E-state index in [1.807, 2.05) is 73.7 Å². The Kier molecular flexibility index (Phi) is 4.53. The predicted molar refractivity (Wildman–Crippen MR) is 107 cm³/mol. The SMILES string of the molecule is C=c1ccc2c(c1)Oc1cc(O/C=C\C)ccc1C=2c1ccccc1CO. The largest absolute Gasteiger partial charge is 0.465 e. The molecule has 4 rings (SSSR count). The minimum Gasteiger partial charge on any atom is -0.465 e. The zero-order chi connectivity index (χ0) is 18.8. The number of hydrogen-bond acceptors (Lipinski definition) is 3. The highest BCUT2D eigenvalue weighted by Gasteiger charge is 2.22. The molecule has 0 bridgehead atoms. The van der Waals surface area contributed by atoms with Gasteiger partial charge in [0.05, 0.1) is 12.9 Å². The molecule has 0 aromatic heterocycles. The number of allylic oxidation sites excluding steroid dienone is 1. The summed E-state index contributed by atoms with van der Waals surface area (Å²) in [6.07, 6.45) is 3.47. The molecule has 1 heterocycles. The van der Waals surface area contributed by atoms with Gasteiger partial charge in [-0.2, -0.15) is 0 Å². The number of aliphatic hydroxyl groups excluding tert-OH is 1. The number of fused-ring (bicyclic) bond motifs is 2. The fourth-order valence-electron chi connectivity index (χ4n) is 3.33. The van der Waals surface area contributed by atoms with Crippen LogP contribution in [0.1, 0.15) is 23.6 Å². The Labute approximate surface area is 158 Å². The van der Waals surface area contributed by atoms with Crippen molar-refractivity contribution >= 4 is 12.2 Å². The maximum atomic E-state index is 9.85. The summed E-state index contributed by atoms with van der Waals surface area (Å²) in [5.41, 5.74) is 3.87. The van der Waals surface area contributed by atoms with Crippen LogP contribution in [0, 0.1) is 0 Å². The number of rotatable bonds is 4. The van der Waals surface area contributed by atoms with E-state index in [1.54, 1.807) is 6.26 Å². The van der Waals surface area contributed by atoms with Gasteiger partial charge in [-0.3, -0.25) is 0 Å². The van der Waals surface area contributed by atoms with Gasteiger partial charge in [-0.05, 0) is 41.5 Å². The van der Waals surface area contributed by atoms with Crippen LogP contribution in [0.5, 0.6) is 17.2 Å². The third-order valence-electron chi connectivity index (χ3n) is 4.55. The normalized spacial score (nSPS) is 12.4. The van der Waals surface area contributed by atoms with Gasteiger partial charge in [0.1, 0.15) is 17.2 Å². The summed E-state index contributed by atoms with van der Waals surface area (Å²) >= 11 is 0. The van der Waals surface area contributed by atoms with Crippen LogP contribution in [0.2, 0.25) is 0 Å². The fraction of sp³-hybridized carbons (Fsp3) is 0.0833. The molecule has 0 saturated heterocycles. The van der Waals surface area contributed by atoms with Gasteiger partial charge >= 0.3 is 0 Å². The van der Waals surface area contributed by atoms with Crippen molar-refractivity contribution in [3.63, 3.8) is 0 Å². The topological polar surface area (TPSA) is 38.7 Å². The Morgan fingerprint density at radius 3 is 2.67 bits per heavy atom. The van der Waals surface area contributed by atoms with Crippen LogP contribution in [-0.2, 0) is 6.61 Å².